The molecule has 4 nitrogen and oxygen atoms in total. The predicted octanol–water partition coefficient (Wildman–Crippen LogP) is 2.69. The van der Waals surface area contributed by atoms with Crippen molar-refractivity contribution in [1.29, 1.82) is 0 Å². The standard InChI is InChI=1S/C15H32N4.HI/c1-5-19-11-7-6-8-14(19)12-18-15(16-4)17-10-9-13(2)3;/h13-14H,5-12H2,1-4H3,(H2,16,17,18);1H. The first-order chi connectivity index (χ1) is 9.17. The molecule has 0 radical (unpaired) electrons. The lowest BCUT2D eigenvalue weighted by atomic mass is 10.0. The normalized spacial score (nSPS) is 20.6. The molecule has 1 atom stereocenters. The van der Waals surface area contributed by atoms with Gasteiger partial charge < -0.3 is 10.6 Å². The van der Waals surface area contributed by atoms with Crippen LogP contribution >= 0.6 is 24.0 Å². The van der Waals surface area contributed by atoms with Crippen molar-refractivity contribution in [3.63, 3.8) is 0 Å². The average molecular weight is 396 g/mol. The zero-order chi connectivity index (χ0) is 14.1. The van der Waals surface area contributed by atoms with E-state index >= 15 is 0 Å². The molecule has 1 saturated heterocycles. The molecule has 120 valence electrons. The van der Waals surface area contributed by atoms with Gasteiger partial charge >= 0.3 is 0 Å². The Balaban J connectivity index is 0.00000361. The zero-order valence-electron chi connectivity index (χ0n) is 13.6. The van der Waals surface area contributed by atoms with Crippen molar-refractivity contribution >= 4 is 29.9 Å². The van der Waals surface area contributed by atoms with Gasteiger partial charge in [-0.2, -0.15) is 0 Å². The minimum absolute atomic E-state index is 0. The summed E-state index contributed by atoms with van der Waals surface area (Å²) in [6.45, 7) is 11.2. The van der Waals surface area contributed by atoms with Gasteiger partial charge in [0.05, 0.1) is 0 Å². The number of hydrogen-bond acceptors (Lipinski definition) is 2. The Labute approximate surface area is 142 Å². The fourth-order valence-corrected chi connectivity index (χ4v) is 2.62. The topological polar surface area (TPSA) is 39.7 Å². The molecule has 0 aliphatic carbocycles. The molecule has 1 rings (SSSR count). The van der Waals surface area contributed by atoms with Crippen LogP contribution in [-0.4, -0.2) is 50.1 Å². The molecule has 1 heterocycles. The van der Waals surface area contributed by atoms with Crippen LogP contribution in [0.1, 0.15) is 46.5 Å². The van der Waals surface area contributed by atoms with Crippen molar-refractivity contribution in [3.05, 3.63) is 0 Å². The summed E-state index contributed by atoms with van der Waals surface area (Å²) in [7, 11) is 1.85. The molecule has 1 unspecified atom stereocenters. The van der Waals surface area contributed by atoms with Crippen molar-refractivity contribution in [2.45, 2.75) is 52.5 Å². The minimum atomic E-state index is 0. The summed E-state index contributed by atoms with van der Waals surface area (Å²) in [5.41, 5.74) is 0. The fourth-order valence-electron chi connectivity index (χ4n) is 2.62. The maximum atomic E-state index is 4.30. The smallest absolute Gasteiger partial charge is 0.191 e. The lowest BCUT2D eigenvalue weighted by Gasteiger charge is -2.35. The van der Waals surface area contributed by atoms with Crippen LogP contribution in [0.4, 0.5) is 0 Å². The Hall–Kier alpha value is -0.0400. The van der Waals surface area contributed by atoms with E-state index in [1.54, 1.807) is 0 Å². The van der Waals surface area contributed by atoms with Crippen molar-refractivity contribution in [3.8, 4) is 0 Å². The lowest BCUT2D eigenvalue weighted by molar-refractivity contribution is 0.157. The van der Waals surface area contributed by atoms with Gasteiger partial charge in [-0.15, -0.1) is 24.0 Å². The minimum Gasteiger partial charge on any atom is -0.356 e. The monoisotopic (exact) mass is 396 g/mol. The first-order valence-electron chi connectivity index (χ1n) is 7.86. The van der Waals surface area contributed by atoms with E-state index in [-0.39, 0.29) is 24.0 Å². The van der Waals surface area contributed by atoms with Gasteiger partial charge in [0.15, 0.2) is 5.96 Å². The highest BCUT2D eigenvalue weighted by atomic mass is 127. The van der Waals surface area contributed by atoms with Crippen LogP contribution in [0.25, 0.3) is 0 Å². The quantitative estimate of drug-likeness (QED) is 0.412. The highest BCUT2D eigenvalue weighted by Crippen LogP contribution is 2.15. The molecule has 1 aliphatic rings. The van der Waals surface area contributed by atoms with E-state index in [0.717, 1.165) is 31.5 Å². The molecular weight excluding hydrogens is 363 g/mol. The third-order valence-electron chi connectivity index (χ3n) is 3.90. The van der Waals surface area contributed by atoms with Crippen LogP contribution in [0.3, 0.4) is 0 Å². The van der Waals surface area contributed by atoms with Gasteiger partial charge in [-0.3, -0.25) is 9.89 Å². The molecule has 20 heavy (non-hydrogen) atoms. The van der Waals surface area contributed by atoms with Crippen LogP contribution in [0, 0.1) is 5.92 Å². The number of rotatable bonds is 6. The van der Waals surface area contributed by atoms with E-state index in [4.69, 9.17) is 0 Å². The molecule has 1 fully saturated rings. The molecule has 5 heteroatoms. The van der Waals surface area contributed by atoms with Crippen molar-refractivity contribution in [2.75, 3.05) is 33.2 Å². The van der Waals surface area contributed by atoms with Gasteiger partial charge in [0.25, 0.3) is 0 Å². The van der Waals surface area contributed by atoms with Crippen molar-refractivity contribution in [2.24, 2.45) is 10.9 Å². The van der Waals surface area contributed by atoms with Gasteiger partial charge in [0.1, 0.15) is 0 Å². The molecule has 2 N–H and O–H groups in total. The molecule has 0 spiro atoms. The van der Waals surface area contributed by atoms with Gasteiger partial charge in [-0.05, 0) is 38.3 Å². The van der Waals surface area contributed by atoms with Gasteiger partial charge in [-0.25, -0.2) is 0 Å². The largest absolute Gasteiger partial charge is 0.356 e. The van der Waals surface area contributed by atoms with Gasteiger partial charge in [0.2, 0.25) is 0 Å². The zero-order valence-corrected chi connectivity index (χ0v) is 15.9. The molecule has 0 amide bonds. The number of likely N-dealkylation sites (N-methyl/N-ethyl adjacent to an activating group) is 1. The number of guanidine groups is 1. The number of aliphatic imine (C=N–C) groups is 1. The first kappa shape index (κ1) is 20.0. The fraction of sp³-hybridized carbons (Fsp3) is 0.933. The molecular formula is C15H33IN4. The summed E-state index contributed by atoms with van der Waals surface area (Å²) in [4.78, 5) is 6.88. The summed E-state index contributed by atoms with van der Waals surface area (Å²) in [6.07, 6.45) is 5.21. The Morgan fingerprint density at radius 2 is 2.05 bits per heavy atom. The van der Waals surface area contributed by atoms with Crippen LogP contribution in [-0.2, 0) is 0 Å². The van der Waals surface area contributed by atoms with Gasteiger partial charge in [0, 0.05) is 26.2 Å². The summed E-state index contributed by atoms with van der Waals surface area (Å²) in [5, 5.41) is 6.87. The second-order valence-corrected chi connectivity index (χ2v) is 5.84. The summed E-state index contributed by atoms with van der Waals surface area (Å²) >= 11 is 0. The number of hydrogen-bond donors (Lipinski definition) is 2. The number of likely N-dealkylation sites (tertiary alicyclic amines) is 1. The molecule has 0 bridgehead atoms. The maximum Gasteiger partial charge on any atom is 0.191 e. The molecule has 0 aromatic carbocycles. The van der Waals surface area contributed by atoms with E-state index in [9.17, 15) is 0 Å². The van der Waals surface area contributed by atoms with E-state index in [1.165, 1.54) is 32.2 Å². The maximum absolute atomic E-state index is 4.30. The predicted molar refractivity (Wildman–Crippen MR) is 99.1 cm³/mol. The molecule has 0 saturated carbocycles. The van der Waals surface area contributed by atoms with E-state index in [1.807, 2.05) is 7.05 Å². The third kappa shape index (κ3) is 7.67. The first-order valence-corrected chi connectivity index (χ1v) is 7.86. The summed E-state index contributed by atoms with van der Waals surface area (Å²) in [5.74, 6) is 1.68. The van der Waals surface area contributed by atoms with Crippen molar-refractivity contribution < 1.29 is 0 Å². The Kier molecular flexibility index (Phi) is 11.6. The van der Waals surface area contributed by atoms with E-state index in [2.05, 4.69) is 41.3 Å². The van der Waals surface area contributed by atoms with Crippen LogP contribution < -0.4 is 10.6 Å². The molecule has 0 aromatic rings. The third-order valence-corrected chi connectivity index (χ3v) is 3.90. The summed E-state index contributed by atoms with van der Waals surface area (Å²) in [6, 6.07) is 0.669. The average Bonchev–Trinajstić information content (AvgIpc) is 2.42. The highest BCUT2D eigenvalue weighted by Gasteiger charge is 2.20. The molecule has 0 aromatic heterocycles. The Morgan fingerprint density at radius 3 is 2.65 bits per heavy atom. The van der Waals surface area contributed by atoms with E-state index in [0.29, 0.717) is 6.04 Å². The SMILES string of the molecule is CCN1CCCCC1CNC(=NC)NCCC(C)C.I. The van der Waals surface area contributed by atoms with E-state index < -0.39 is 0 Å². The second-order valence-electron chi connectivity index (χ2n) is 5.84. The number of nitrogens with one attached hydrogen (secondary N) is 2. The highest BCUT2D eigenvalue weighted by molar-refractivity contribution is 14.0. The van der Waals surface area contributed by atoms with Crippen LogP contribution in [0.5, 0.6) is 0 Å². The molecule has 1 aliphatic heterocycles. The number of halogens is 1. The Morgan fingerprint density at radius 1 is 1.30 bits per heavy atom. The van der Waals surface area contributed by atoms with Gasteiger partial charge in [-0.1, -0.05) is 27.2 Å². The van der Waals surface area contributed by atoms with Crippen molar-refractivity contribution in [1.82, 2.24) is 15.5 Å². The van der Waals surface area contributed by atoms with Crippen LogP contribution in [0.15, 0.2) is 4.99 Å². The van der Waals surface area contributed by atoms with Crippen LogP contribution in [0.2, 0.25) is 0 Å². The summed E-state index contributed by atoms with van der Waals surface area (Å²) < 4.78 is 0. The lowest BCUT2D eigenvalue weighted by Crippen LogP contribution is -2.49. The number of nitrogens with zero attached hydrogens (tertiary/aromatic N) is 2. The number of piperidine rings is 1. The second kappa shape index (κ2) is 11.6. The Bertz CT molecular complexity index is 269.